The lowest BCUT2D eigenvalue weighted by Gasteiger charge is -2.61. The maximum atomic E-state index is 15.6. The molecular weight excluding hydrogens is 608 g/mol. The zero-order chi connectivity index (χ0) is 37.2. The van der Waals surface area contributed by atoms with Gasteiger partial charge in [-0.05, 0) is 48.3 Å². The van der Waals surface area contributed by atoms with Crippen LogP contribution in [0.5, 0.6) is 0 Å². The van der Waals surface area contributed by atoms with Gasteiger partial charge in [-0.15, -0.1) is 0 Å². The molecule has 0 rings (SSSR count). The quantitative estimate of drug-likeness (QED) is 0.0460. The normalized spacial score (nSPS) is 17.2. The minimum absolute atomic E-state index is 0.122. The lowest BCUT2D eigenvalue weighted by Crippen LogP contribution is -2.62. The first-order valence-electron chi connectivity index (χ1n) is 21.5. The minimum atomic E-state index is -1.25. The van der Waals surface area contributed by atoms with Crippen LogP contribution >= 0.6 is 0 Å². The molecule has 0 fully saturated rings. The first-order chi connectivity index (χ1) is 23.5. The third-order valence-corrected chi connectivity index (χ3v) is 12.8. The van der Waals surface area contributed by atoms with Crippen molar-refractivity contribution in [1.29, 1.82) is 0 Å². The highest BCUT2D eigenvalue weighted by Gasteiger charge is 2.65. The Morgan fingerprint density at radius 1 is 0.490 bits per heavy atom. The number of unbranched alkanes of at least 4 members (excludes halogenated alkanes) is 13. The molecule has 0 saturated carbocycles. The molecule has 0 aromatic rings. The van der Waals surface area contributed by atoms with Crippen LogP contribution in [0.4, 0.5) is 0 Å². The number of carbonyl (C=O) groups excluding carboxylic acids is 1. The smallest absolute Gasteiger partial charge is 0.313 e. The summed E-state index contributed by atoms with van der Waals surface area (Å²) in [7, 11) is 0. The molecule has 0 aliphatic heterocycles. The second kappa shape index (κ2) is 27.9. The van der Waals surface area contributed by atoms with E-state index < -0.39 is 30.7 Å². The van der Waals surface area contributed by atoms with E-state index in [0.717, 1.165) is 77.0 Å². The molecule has 0 heterocycles. The fraction of sp³-hybridized carbons (Fsp3) is 0.977. The highest BCUT2D eigenvalue weighted by atomic mass is 16.5. The van der Waals surface area contributed by atoms with Gasteiger partial charge in [0.15, 0.2) is 0 Å². The average molecular weight is 697 g/mol. The van der Waals surface area contributed by atoms with Crippen LogP contribution in [0.3, 0.4) is 0 Å². The number of aliphatic hydroxyl groups excluding tert-OH is 3. The highest BCUT2D eigenvalue weighted by molar-refractivity contribution is 5.79. The van der Waals surface area contributed by atoms with E-state index in [1.165, 1.54) is 70.6 Å². The second-order valence-electron chi connectivity index (χ2n) is 16.6. The van der Waals surface area contributed by atoms with Crippen molar-refractivity contribution in [3.05, 3.63) is 0 Å². The van der Waals surface area contributed by atoms with Gasteiger partial charge in [-0.25, -0.2) is 0 Å². The molecule has 4 unspecified atom stereocenters. The van der Waals surface area contributed by atoms with Crippen molar-refractivity contribution in [2.24, 2.45) is 39.9 Å². The molecule has 5 heteroatoms. The van der Waals surface area contributed by atoms with E-state index in [9.17, 15) is 15.3 Å². The standard InChI is InChI=1S/C44H88O5/c1-10-15-20-21-22-27-32-43(37(6)28-23-16-11-2,38(7)29-24-17-12-3)44(39(8)30-25-18-13-4,40(9)31-26-19-14-5)41(48)49-36-42(33-45,34-46)35-47/h37-40,45-47H,10-36H2,1-9H3. The summed E-state index contributed by atoms with van der Waals surface area (Å²) in [6.45, 7) is 19.6. The fourth-order valence-corrected chi connectivity index (χ4v) is 9.59. The molecule has 4 atom stereocenters. The molecule has 0 saturated heterocycles. The molecule has 5 nitrogen and oxygen atoms in total. The zero-order valence-corrected chi connectivity index (χ0v) is 34.6. The number of hydrogen-bond acceptors (Lipinski definition) is 5. The van der Waals surface area contributed by atoms with Gasteiger partial charge in [-0.3, -0.25) is 4.79 Å². The number of esters is 1. The first-order valence-corrected chi connectivity index (χ1v) is 21.5. The van der Waals surface area contributed by atoms with Crippen LogP contribution in [0.1, 0.15) is 210 Å². The van der Waals surface area contributed by atoms with Gasteiger partial charge in [0, 0.05) is 0 Å². The first kappa shape index (κ1) is 48.3. The van der Waals surface area contributed by atoms with Gasteiger partial charge >= 0.3 is 5.97 Å². The lowest BCUT2D eigenvalue weighted by atomic mass is 9.42. The van der Waals surface area contributed by atoms with E-state index in [0.29, 0.717) is 11.8 Å². The van der Waals surface area contributed by atoms with Crippen LogP contribution in [0.15, 0.2) is 0 Å². The Kier molecular flexibility index (Phi) is 27.6. The minimum Gasteiger partial charge on any atom is -0.464 e. The third kappa shape index (κ3) is 14.4. The molecule has 294 valence electrons. The summed E-state index contributed by atoms with van der Waals surface area (Å²) >= 11 is 0. The molecule has 0 radical (unpaired) electrons. The van der Waals surface area contributed by atoms with E-state index in [2.05, 4.69) is 62.3 Å². The van der Waals surface area contributed by atoms with Crippen LogP contribution in [0.2, 0.25) is 0 Å². The van der Waals surface area contributed by atoms with Crippen LogP contribution in [-0.4, -0.2) is 47.7 Å². The van der Waals surface area contributed by atoms with Crippen molar-refractivity contribution in [2.45, 2.75) is 210 Å². The predicted octanol–water partition coefficient (Wildman–Crippen LogP) is 12.1. The summed E-state index contributed by atoms with van der Waals surface area (Å²) in [6, 6.07) is 0. The Balaban J connectivity index is 7.82. The van der Waals surface area contributed by atoms with Gasteiger partial charge in [0.1, 0.15) is 6.61 Å². The lowest BCUT2D eigenvalue weighted by molar-refractivity contribution is -0.205. The van der Waals surface area contributed by atoms with E-state index in [4.69, 9.17) is 4.74 Å². The summed E-state index contributed by atoms with van der Waals surface area (Å²) in [5.74, 6) is 0.810. The molecule has 0 aromatic carbocycles. The van der Waals surface area contributed by atoms with Gasteiger partial charge < -0.3 is 20.1 Å². The van der Waals surface area contributed by atoms with Crippen molar-refractivity contribution in [1.82, 2.24) is 0 Å². The van der Waals surface area contributed by atoms with Crippen LogP contribution in [0, 0.1) is 39.9 Å². The monoisotopic (exact) mass is 697 g/mol. The van der Waals surface area contributed by atoms with Crippen molar-refractivity contribution in [3.8, 4) is 0 Å². The Morgan fingerprint density at radius 2 is 0.816 bits per heavy atom. The van der Waals surface area contributed by atoms with Gasteiger partial charge in [-0.1, -0.05) is 191 Å². The molecule has 0 aromatic heterocycles. The molecule has 49 heavy (non-hydrogen) atoms. The van der Waals surface area contributed by atoms with Crippen LogP contribution < -0.4 is 0 Å². The van der Waals surface area contributed by atoms with Gasteiger partial charge in [-0.2, -0.15) is 0 Å². The van der Waals surface area contributed by atoms with Gasteiger partial charge in [0.2, 0.25) is 0 Å². The Hall–Kier alpha value is -0.650. The topological polar surface area (TPSA) is 87.0 Å². The molecule has 0 spiro atoms. The van der Waals surface area contributed by atoms with E-state index in [1.54, 1.807) is 0 Å². The predicted molar refractivity (Wildman–Crippen MR) is 211 cm³/mol. The molecular formula is C44H88O5. The summed E-state index contributed by atoms with van der Waals surface area (Å²) in [5, 5.41) is 30.8. The number of rotatable bonds is 34. The van der Waals surface area contributed by atoms with Crippen molar-refractivity contribution >= 4 is 5.97 Å². The van der Waals surface area contributed by atoms with Crippen molar-refractivity contribution in [3.63, 3.8) is 0 Å². The number of aliphatic hydroxyl groups is 3. The maximum Gasteiger partial charge on any atom is 0.313 e. The highest BCUT2D eigenvalue weighted by Crippen LogP contribution is 2.65. The second-order valence-corrected chi connectivity index (χ2v) is 16.6. The molecule has 0 aliphatic carbocycles. The van der Waals surface area contributed by atoms with Gasteiger partial charge in [0.05, 0.1) is 30.7 Å². The molecule has 0 bridgehead atoms. The summed E-state index contributed by atoms with van der Waals surface area (Å²) in [5.41, 5.74) is -2.23. The SMILES string of the molecule is CCCCCCCCC(C(C)CCCCC)(C(C)CCCCC)C(C(=O)OCC(CO)(CO)CO)(C(C)CCCCC)C(C)CCCCC. The fourth-order valence-electron chi connectivity index (χ4n) is 9.59. The van der Waals surface area contributed by atoms with E-state index >= 15 is 4.79 Å². The Labute approximate surface area is 306 Å². The zero-order valence-electron chi connectivity index (χ0n) is 34.6. The van der Waals surface area contributed by atoms with Crippen LogP contribution in [-0.2, 0) is 9.53 Å². The Morgan fingerprint density at radius 3 is 1.18 bits per heavy atom. The summed E-state index contributed by atoms with van der Waals surface area (Å²) in [6.07, 6.45) is 26.6. The molecule has 3 N–H and O–H groups in total. The third-order valence-electron chi connectivity index (χ3n) is 12.8. The molecule has 0 amide bonds. The van der Waals surface area contributed by atoms with Crippen molar-refractivity contribution in [2.75, 3.05) is 26.4 Å². The maximum absolute atomic E-state index is 15.6. The number of ether oxygens (including phenoxy) is 1. The number of carbonyl (C=O) groups is 1. The van der Waals surface area contributed by atoms with E-state index in [1.807, 2.05) is 0 Å². The number of hydrogen-bond donors (Lipinski definition) is 3. The molecule has 0 aliphatic rings. The van der Waals surface area contributed by atoms with Gasteiger partial charge in [0.25, 0.3) is 0 Å². The average Bonchev–Trinajstić information content (AvgIpc) is 3.10. The summed E-state index contributed by atoms with van der Waals surface area (Å²) in [4.78, 5) is 15.6. The van der Waals surface area contributed by atoms with Crippen molar-refractivity contribution < 1.29 is 24.9 Å². The largest absolute Gasteiger partial charge is 0.464 e. The Bertz CT molecular complexity index is 737. The summed E-state index contributed by atoms with van der Waals surface area (Å²) < 4.78 is 6.50. The van der Waals surface area contributed by atoms with Crippen LogP contribution in [0.25, 0.3) is 0 Å². The van der Waals surface area contributed by atoms with E-state index in [-0.39, 0.29) is 29.8 Å².